The molecule has 0 aliphatic heterocycles. The Balaban J connectivity index is 3.58. The van der Waals surface area contributed by atoms with Gasteiger partial charge in [-0.15, -0.1) is 0 Å². The number of hydrogen-bond acceptors (Lipinski definition) is 3. The fraction of sp³-hybridized carbons (Fsp3) is 0.600. The molecule has 0 rings (SSSR count). The van der Waals surface area contributed by atoms with Gasteiger partial charge in [-0.25, -0.2) is 4.79 Å². The van der Waals surface area contributed by atoms with Crippen molar-refractivity contribution >= 4 is 12.4 Å². The molecule has 0 heterocycles. The summed E-state index contributed by atoms with van der Waals surface area (Å²) in [6, 6.07) is -0.604. The molecular weight excluding hydrogens is 122 g/mol. The van der Waals surface area contributed by atoms with Crippen molar-refractivity contribution in [2.45, 2.75) is 13.0 Å². The third kappa shape index (κ3) is 2.69. The third-order valence-electron chi connectivity index (χ3n) is 0.830. The molecule has 4 heteroatoms. The van der Waals surface area contributed by atoms with Crippen LogP contribution < -0.4 is 5.32 Å². The second kappa shape index (κ2) is 3.88. The Kier molecular flexibility index (Phi) is 3.43. The van der Waals surface area contributed by atoms with Crippen LogP contribution in [-0.2, 0) is 14.3 Å². The SMILES string of the molecule is COC(=O)[C@H](C)N[C]=O. The molecule has 9 heavy (non-hydrogen) atoms. The Hall–Kier alpha value is -1.06. The van der Waals surface area contributed by atoms with Crippen molar-refractivity contribution in [3.8, 4) is 0 Å². The minimum absolute atomic E-state index is 0.474. The van der Waals surface area contributed by atoms with E-state index < -0.39 is 12.0 Å². The van der Waals surface area contributed by atoms with Crippen molar-refractivity contribution in [3.63, 3.8) is 0 Å². The minimum Gasteiger partial charge on any atom is -0.467 e. The van der Waals surface area contributed by atoms with Crippen LogP contribution >= 0.6 is 0 Å². The number of ether oxygens (including phenoxy) is 1. The first-order valence-corrected chi connectivity index (χ1v) is 2.43. The molecule has 1 atom stereocenters. The number of methoxy groups -OCH3 is 1. The molecule has 0 aromatic carbocycles. The summed E-state index contributed by atoms with van der Waals surface area (Å²) in [7, 11) is 1.26. The molecule has 4 nitrogen and oxygen atoms in total. The zero-order chi connectivity index (χ0) is 7.28. The first-order valence-electron chi connectivity index (χ1n) is 2.43. The smallest absolute Gasteiger partial charge is 0.328 e. The van der Waals surface area contributed by atoms with Gasteiger partial charge in [-0.1, -0.05) is 0 Å². The van der Waals surface area contributed by atoms with Crippen LogP contribution in [-0.4, -0.2) is 25.5 Å². The zero-order valence-electron chi connectivity index (χ0n) is 5.30. The van der Waals surface area contributed by atoms with Crippen LogP contribution in [0.4, 0.5) is 0 Å². The highest BCUT2D eigenvalue weighted by Crippen LogP contribution is 1.81. The van der Waals surface area contributed by atoms with Crippen molar-refractivity contribution < 1.29 is 14.3 Å². The van der Waals surface area contributed by atoms with E-state index in [0.717, 1.165) is 0 Å². The quantitative estimate of drug-likeness (QED) is 0.402. The van der Waals surface area contributed by atoms with E-state index in [1.807, 2.05) is 0 Å². The highest BCUT2D eigenvalue weighted by Gasteiger charge is 2.10. The lowest BCUT2D eigenvalue weighted by molar-refractivity contribution is -0.142. The molecule has 0 fully saturated rings. The molecular formula is C5H8NO3. The summed E-state index contributed by atoms with van der Waals surface area (Å²) in [6.07, 6.45) is 1.38. The summed E-state index contributed by atoms with van der Waals surface area (Å²) >= 11 is 0. The Morgan fingerprint density at radius 1 is 1.78 bits per heavy atom. The fourth-order valence-electron chi connectivity index (χ4n) is 0.324. The summed E-state index contributed by atoms with van der Waals surface area (Å²) in [4.78, 5) is 20.0. The van der Waals surface area contributed by atoms with Crippen molar-refractivity contribution in [1.29, 1.82) is 0 Å². The second-order valence-electron chi connectivity index (χ2n) is 1.49. The fourth-order valence-corrected chi connectivity index (χ4v) is 0.324. The number of carbonyl (C=O) groups excluding carboxylic acids is 2. The average Bonchev–Trinajstić information content (AvgIpc) is 1.87. The number of esters is 1. The number of hydrogen-bond donors (Lipinski definition) is 1. The van der Waals surface area contributed by atoms with Crippen LogP contribution in [0.25, 0.3) is 0 Å². The van der Waals surface area contributed by atoms with E-state index in [1.165, 1.54) is 20.4 Å². The van der Waals surface area contributed by atoms with Gasteiger partial charge in [0, 0.05) is 0 Å². The third-order valence-corrected chi connectivity index (χ3v) is 0.830. The Labute approximate surface area is 53.2 Å². The monoisotopic (exact) mass is 130 g/mol. The molecule has 0 aliphatic rings. The number of amides is 1. The van der Waals surface area contributed by atoms with E-state index in [-0.39, 0.29) is 0 Å². The van der Waals surface area contributed by atoms with Gasteiger partial charge in [-0.3, -0.25) is 4.79 Å². The van der Waals surface area contributed by atoms with E-state index >= 15 is 0 Å². The summed E-state index contributed by atoms with van der Waals surface area (Å²) in [6.45, 7) is 1.51. The molecule has 0 aromatic heterocycles. The molecule has 0 unspecified atom stereocenters. The number of nitrogens with one attached hydrogen (secondary N) is 1. The van der Waals surface area contributed by atoms with Gasteiger partial charge in [0.25, 0.3) is 0 Å². The maximum absolute atomic E-state index is 10.4. The Bertz CT molecular complexity index is 113. The summed E-state index contributed by atoms with van der Waals surface area (Å²) in [5.74, 6) is -0.474. The standard InChI is InChI=1S/C5H8NO3/c1-4(6-3-7)5(8)9-2/h4H,1-2H3,(H,6,7)/t4-/m0/s1. The van der Waals surface area contributed by atoms with Crippen molar-refractivity contribution in [2.75, 3.05) is 7.11 Å². The summed E-state index contributed by atoms with van der Waals surface area (Å²) in [5, 5.41) is 2.12. The molecule has 51 valence electrons. The highest BCUT2D eigenvalue weighted by atomic mass is 16.5. The van der Waals surface area contributed by atoms with E-state index in [4.69, 9.17) is 0 Å². The minimum atomic E-state index is -0.604. The topological polar surface area (TPSA) is 55.4 Å². The second-order valence-corrected chi connectivity index (χ2v) is 1.49. The molecule has 0 aromatic rings. The molecule has 0 aliphatic carbocycles. The normalized spacial score (nSPS) is 11.8. The van der Waals surface area contributed by atoms with Gasteiger partial charge in [-0.2, -0.15) is 0 Å². The summed E-state index contributed by atoms with van der Waals surface area (Å²) < 4.78 is 4.28. The van der Waals surface area contributed by atoms with E-state index in [0.29, 0.717) is 0 Å². The van der Waals surface area contributed by atoms with Gasteiger partial charge in [0.2, 0.25) is 0 Å². The van der Waals surface area contributed by atoms with Crippen LogP contribution in [0.15, 0.2) is 0 Å². The van der Waals surface area contributed by atoms with Crippen molar-refractivity contribution in [2.24, 2.45) is 0 Å². The molecule has 0 bridgehead atoms. The molecule has 0 saturated carbocycles. The van der Waals surface area contributed by atoms with Crippen LogP contribution in [0, 0.1) is 0 Å². The van der Waals surface area contributed by atoms with E-state index in [9.17, 15) is 9.59 Å². The van der Waals surface area contributed by atoms with Gasteiger partial charge in [0.15, 0.2) is 0 Å². The molecule has 0 saturated heterocycles. The molecule has 0 spiro atoms. The van der Waals surface area contributed by atoms with Crippen molar-refractivity contribution in [1.82, 2.24) is 5.32 Å². The zero-order valence-corrected chi connectivity index (χ0v) is 5.30. The highest BCUT2D eigenvalue weighted by molar-refractivity contribution is 5.77. The van der Waals surface area contributed by atoms with Crippen LogP contribution in [0.3, 0.4) is 0 Å². The molecule has 1 amide bonds. The number of carbonyl (C=O) groups is 1. The van der Waals surface area contributed by atoms with Crippen LogP contribution in [0.2, 0.25) is 0 Å². The summed E-state index contributed by atoms with van der Waals surface area (Å²) in [5.41, 5.74) is 0. The first kappa shape index (κ1) is 7.94. The average molecular weight is 130 g/mol. The van der Waals surface area contributed by atoms with E-state index in [1.54, 1.807) is 0 Å². The van der Waals surface area contributed by atoms with Crippen LogP contribution in [0.1, 0.15) is 6.92 Å². The lowest BCUT2D eigenvalue weighted by Gasteiger charge is -2.04. The van der Waals surface area contributed by atoms with Gasteiger partial charge in [0.05, 0.1) is 7.11 Å². The lowest BCUT2D eigenvalue weighted by atomic mass is 10.4. The maximum Gasteiger partial charge on any atom is 0.328 e. The predicted octanol–water partition coefficient (Wildman–Crippen LogP) is -0.795. The molecule has 1 radical (unpaired) electrons. The predicted molar refractivity (Wildman–Crippen MR) is 30.3 cm³/mol. The Morgan fingerprint density at radius 3 is 2.67 bits per heavy atom. The van der Waals surface area contributed by atoms with E-state index in [2.05, 4.69) is 10.1 Å². The van der Waals surface area contributed by atoms with Gasteiger partial charge in [0.1, 0.15) is 6.04 Å². The first-order chi connectivity index (χ1) is 4.22. The lowest BCUT2D eigenvalue weighted by Crippen LogP contribution is -2.33. The van der Waals surface area contributed by atoms with Crippen molar-refractivity contribution in [3.05, 3.63) is 0 Å². The molecule has 1 N–H and O–H groups in total. The van der Waals surface area contributed by atoms with Crippen LogP contribution in [0.5, 0.6) is 0 Å². The largest absolute Gasteiger partial charge is 0.467 e. The maximum atomic E-state index is 10.4. The number of rotatable bonds is 3. The van der Waals surface area contributed by atoms with Gasteiger partial charge < -0.3 is 10.1 Å². The van der Waals surface area contributed by atoms with Gasteiger partial charge in [-0.05, 0) is 6.92 Å². The van der Waals surface area contributed by atoms with Gasteiger partial charge >= 0.3 is 12.4 Å². The Morgan fingerprint density at radius 2 is 2.33 bits per heavy atom.